The molecular weight excluding hydrogens is 633 g/mol. The van der Waals surface area contributed by atoms with Crippen molar-refractivity contribution in [2.45, 2.75) is 44.4 Å². The fourth-order valence-corrected chi connectivity index (χ4v) is 7.24. The van der Waals surface area contributed by atoms with E-state index in [2.05, 4.69) is 11.9 Å². The third-order valence-corrected chi connectivity index (χ3v) is 9.45. The SMILES string of the molecule is C=CCN(C(=O)NCc1ccccc1)N1CC(O)N2[C@@H](CC3C=CC(OP(=O)(O)O)=CC3)C(=O)N(Cc3cccc4ccccc34)C[C@@H]21. The molecule has 2 aliphatic heterocycles. The summed E-state index contributed by atoms with van der Waals surface area (Å²) >= 11 is 0. The number of benzene rings is 3. The molecule has 3 aliphatic rings. The van der Waals surface area contributed by atoms with Gasteiger partial charge < -0.3 is 19.8 Å². The third-order valence-electron chi connectivity index (χ3n) is 9.00. The predicted octanol–water partition coefficient (Wildman–Crippen LogP) is 4.08. The maximum atomic E-state index is 14.4. The number of amides is 3. The second kappa shape index (κ2) is 14.4. The average Bonchev–Trinajstić information content (AvgIpc) is 3.40. The van der Waals surface area contributed by atoms with Crippen LogP contribution in [0.3, 0.4) is 0 Å². The molecular formula is C35H40N5O7P. The number of carbonyl (C=O) groups is 2. The van der Waals surface area contributed by atoms with Gasteiger partial charge in [-0.3, -0.25) is 19.6 Å². The van der Waals surface area contributed by atoms with Crippen molar-refractivity contribution in [2.75, 3.05) is 19.6 Å². The molecule has 4 atom stereocenters. The molecule has 252 valence electrons. The first-order chi connectivity index (χ1) is 23.1. The lowest BCUT2D eigenvalue weighted by Crippen LogP contribution is -2.66. The molecule has 0 saturated carbocycles. The lowest BCUT2D eigenvalue weighted by atomic mass is 9.90. The summed E-state index contributed by atoms with van der Waals surface area (Å²) in [6, 6.07) is 22.5. The summed E-state index contributed by atoms with van der Waals surface area (Å²) in [5, 5.41) is 20.0. The molecule has 0 radical (unpaired) electrons. The Morgan fingerprint density at radius 3 is 2.54 bits per heavy atom. The van der Waals surface area contributed by atoms with Crippen molar-refractivity contribution in [3.8, 4) is 0 Å². The highest BCUT2D eigenvalue weighted by atomic mass is 31.2. The van der Waals surface area contributed by atoms with Crippen molar-refractivity contribution in [3.05, 3.63) is 121 Å². The molecule has 13 heteroatoms. The summed E-state index contributed by atoms with van der Waals surface area (Å²) in [6.45, 7) is 5.07. The number of aliphatic hydroxyl groups is 1. The van der Waals surface area contributed by atoms with Gasteiger partial charge in [0.15, 0.2) is 0 Å². The predicted molar refractivity (Wildman–Crippen MR) is 180 cm³/mol. The quantitative estimate of drug-likeness (QED) is 0.175. The number of hydrogen-bond donors (Lipinski definition) is 4. The number of fused-ring (bicyclic) bond motifs is 2. The van der Waals surface area contributed by atoms with E-state index in [4.69, 9.17) is 4.52 Å². The fourth-order valence-electron chi connectivity index (χ4n) is 6.83. The monoisotopic (exact) mass is 673 g/mol. The van der Waals surface area contributed by atoms with Crippen molar-refractivity contribution < 1.29 is 33.6 Å². The van der Waals surface area contributed by atoms with Crippen LogP contribution >= 0.6 is 7.82 Å². The maximum absolute atomic E-state index is 14.4. The van der Waals surface area contributed by atoms with Crippen LogP contribution < -0.4 is 5.32 Å². The number of aliphatic hydroxyl groups excluding tert-OH is 1. The van der Waals surface area contributed by atoms with Crippen molar-refractivity contribution in [2.24, 2.45) is 5.92 Å². The van der Waals surface area contributed by atoms with Crippen LogP contribution in [0.1, 0.15) is 24.0 Å². The number of urea groups is 1. The van der Waals surface area contributed by atoms with Gasteiger partial charge in [-0.25, -0.2) is 14.3 Å². The van der Waals surface area contributed by atoms with Crippen LogP contribution in [0.4, 0.5) is 4.79 Å². The molecule has 12 nitrogen and oxygen atoms in total. The van der Waals surface area contributed by atoms with Gasteiger partial charge in [0, 0.05) is 13.1 Å². The number of phosphoric acid groups is 1. The van der Waals surface area contributed by atoms with Crippen molar-refractivity contribution in [3.63, 3.8) is 0 Å². The minimum Gasteiger partial charge on any atom is -0.405 e. The van der Waals surface area contributed by atoms with E-state index in [-0.39, 0.29) is 43.2 Å². The van der Waals surface area contributed by atoms with Gasteiger partial charge in [0.2, 0.25) is 5.91 Å². The van der Waals surface area contributed by atoms with Gasteiger partial charge in [0.05, 0.1) is 25.7 Å². The van der Waals surface area contributed by atoms with Gasteiger partial charge >= 0.3 is 13.9 Å². The van der Waals surface area contributed by atoms with Crippen LogP contribution in [0, 0.1) is 5.92 Å². The molecule has 2 heterocycles. The number of carbonyl (C=O) groups excluding carboxylic acids is 2. The number of allylic oxidation sites excluding steroid dienone is 3. The Balaban J connectivity index is 1.28. The van der Waals surface area contributed by atoms with Gasteiger partial charge in [-0.15, -0.1) is 6.58 Å². The van der Waals surface area contributed by atoms with Crippen LogP contribution in [-0.2, 0) is 27.0 Å². The van der Waals surface area contributed by atoms with E-state index >= 15 is 0 Å². The van der Waals surface area contributed by atoms with Crippen molar-refractivity contribution in [1.82, 2.24) is 25.1 Å². The van der Waals surface area contributed by atoms with Crippen molar-refractivity contribution in [1.29, 1.82) is 0 Å². The van der Waals surface area contributed by atoms with Gasteiger partial charge in [0.1, 0.15) is 18.2 Å². The van der Waals surface area contributed by atoms with Crippen LogP contribution in [0.25, 0.3) is 10.8 Å². The second-order valence-corrected chi connectivity index (χ2v) is 13.4. The van der Waals surface area contributed by atoms with E-state index in [1.54, 1.807) is 33.0 Å². The van der Waals surface area contributed by atoms with E-state index in [0.717, 1.165) is 21.9 Å². The molecule has 0 aromatic heterocycles. The standard InChI is InChI=1S/C35H40N5O7P/c1-2-19-38(35(43)36-21-26-9-4-3-5-10-26)39-24-33(41)40-31(20-25-15-17-29(18-16-25)47-48(44,45)46)34(42)37(23-32(39)40)22-28-13-8-12-27-11-6-7-14-30(27)28/h2-15,17-18,25,31-33,41H,1,16,19-24H2,(H,36,43)(H2,44,45,46)/t25?,31-,32+,33?/m0/s1. The van der Waals surface area contributed by atoms with Crippen LogP contribution in [-0.4, -0.2) is 84.7 Å². The molecule has 0 spiro atoms. The lowest BCUT2D eigenvalue weighted by molar-refractivity contribution is -0.159. The normalized spacial score (nSPS) is 23.1. The summed E-state index contributed by atoms with van der Waals surface area (Å²) < 4.78 is 16.1. The first-order valence-electron chi connectivity index (χ1n) is 15.9. The summed E-state index contributed by atoms with van der Waals surface area (Å²) in [5.74, 6) is -0.238. The maximum Gasteiger partial charge on any atom is 0.524 e. The molecule has 3 aromatic rings. The Bertz CT molecular complexity index is 1760. The van der Waals surface area contributed by atoms with Crippen LogP contribution in [0.2, 0.25) is 0 Å². The molecule has 3 aromatic carbocycles. The van der Waals surface area contributed by atoms with Gasteiger partial charge in [-0.2, -0.15) is 5.01 Å². The lowest BCUT2D eigenvalue weighted by Gasteiger charge is -2.47. The highest BCUT2D eigenvalue weighted by molar-refractivity contribution is 7.46. The van der Waals surface area contributed by atoms with Gasteiger partial charge in [-0.05, 0) is 52.8 Å². The molecule has 3 amide bonds. The number of hydrazine groups is 1. The van der Waals surface area contributed by atoms with E-state index < -0.39 is 26.3 Å². The summed E-state index contributed by atoms with van der Waals surface area (Å²) in [5.41, 5.74) is 1.93. The minimum atomic E-state index is -4.71. The second-order valence-electron chi connectivity index (χ2n) is 12.2. The molecule has 2 saturated heterocycles. The fraction of sp³-hybridized carbons (Fsp3) is 0.314. The highest BCUT2D eigenvalue weighted by Gasteiger charge is 2.52. The number of nitrogens with one attached hydrogen (secondary N) is 1. The van der Waals surface area contributed by atoms with Crippen LogP contribution in [0.15, 0.2) is 109 Å². The largest absolute Gasteiger partial charge is 0.524 e. The zero-order chi connectivity index (χ0) is 33.8. The molecule has 48 heavy (non-hydrogen) atoms. The minimum absolute atomic E-state index is 0.0685. The Hall–Kier alpha value is -4.29. The Morgan fingerprint density at radius 2 is 1.81 bits per heavy atom. The van der Waals surface area contributed by atoms with Gasteiger partial charge in [0.25, 0.3) is 0 Å². The van der Waals surface area contributed by atoms with E-state index in [9.17, 15) is 29.0 Å². The summed E-state index contributed by atoms with van der Waals surface area (Å²) in [6.07, 6.45) is 5.68. The summed E-state index contributed by atoms with van der Waals surface area (Å²) in [4.78, 5) is 50.0. The Morgan fingerprint density at radius 1 is 1.06 bits per heavy atom. The van der Waals surface area contributed by atoms with E-state index in [1.807, 2.05) is 77.8 Å². The zero-order valence-electron chi connectivity index (χ0n) is 26.4. The Labute approximate surface area is 279 Å². The third kappa shape index (κ3) is 7.55. The summed E-state index contributed by atoms with van der Waals surface area (Å²) in [7, 11) is -4.71. The number of piperazine rings is 1. The number of rotatable bonds is 11. The molecule has 6 rings (SSSR count). The van der Waals surface area contributed by atoms with Crippen molar-refractivity contribution >= 4 is 30.5 Å². The smallest absolute Gasteiger partial charge is 0.405 e. The van der Waals surface area contributed by atoms with E-state index in [1.165, 1.54) is 6.08 Å². The van der Waals surface area contributed by atoms with E-state index in [0.29, 0.717) is 25.9 Å². The molecule has 2 unspecified atom stereocenters. The molecule has 0 bridgehead atoms. The molecule has 2 fully saturated rings. The first-order valence-corrected chi connectivity index (χ1v) is 17.5. The zero-order valence-corrected chi connectivity index (χ0v) is 27.3. The number of phosphoric ester groups is 1. The first kappa shape index (κ1) is 33.6. The number of hydrogen-bond acceptors (Lipinski definition) is 7. The number of β-amino-alcohol motifs (C(OH)–C–C–N with tert-alkyl or cyclic N) is 1. The molecule has 4 N–H and O–H groups in total. The average molecular weight is 674 g/mol. The number of nitrogens with zero attached hydrogens (tertiary/aromatic N) is 4. The molecule has 1 aliphatic carbocycles. The Kier molecular flexibility index (Phi) is 10.1. The van der Waals surface area contributed by atoms with Crippen LogP contribution in [0.5, 0.6) is 0 Å². The highest BCUT2D eigenvalue weighted by Crippen LogP contribution is 2.41. The topological polar surface area (TPSA) is 146 Å². The van der Waals surface area contributed by atoms with Gasteiger partial charge in [-0.1, -0.05) is 84.9 Å².